The Kier molecular flexibility index (Phi) is 10.9. The molecule has 0 aliphatic heterocycles. The van der Waals surface area contributed by atoms with Crippen LogP contribution < -0.4 is 9.64 Å². The fourth-order valence-electron chi connectivity index (χ4n) is 4.33. The van der Waals surface area contributed by atoms with Crippen LogP contribution in [0.15, 0.2) is 122 Å². The number of benzene rings is 4. The second-order valence-electron chi connectivity index (χ2n) is 10.4. The summed E-state index contributed by atoms with van der Waals surface area (Å²) in [4.78, 5) is 26.1. The zero-order chi connectivity index (χ0) is 31.5. The summed E-state index contributed by atoms with van der Waals surface area (Å²) in [5.74, 6) is -0.649. The Morgan fingerprint density at radius 1 is 0.795 bits per heavy atom. The van der Waals surface area contributed by atoms with E-state index in [1.54, 1.807) is 6.92 Å². The number of rotatable bonds is 13. The average molecular weight is 588 g/mol. The third kappa shape index (κ3) is 8.82. The zero-order valence-corrected chi connectivity index (χ0v) is 25.4. The third-order valence-corrected chi connectivity index (χ3v) is 6.71. The number of carbonyl (C=O) groups is 2. The number of ether oxygens (including phenoxy) is 3. The molecule has 4 rings (SSSR count). The molecule has 6 heteroatoms. The lowest BCUT2D eigenvalue weighted by molar-refractivity contribution is -0.145. The van der Waals surface area contributed by atoms with Gasteiger partial charge in [-0.05, 0) is 68.3 Å². The Morgan fingerprint density at radius 3 is 1.95 bits per heavy atom. The highest BCUT2D eigenvalue weighted by Gasteiger charge is 2.20. The van der Waals surface area contributed by atoms with E-state index in [2.05, 4.69) is 92.6 Å². The summed E-state index contributed by atoms with van der Waals surface area (Å²) < 4.78 is 16.9. The second-order valence-corrected chi connectivity index (χ2v) is 10.4. The summed E-state index contributed by atoms with van der Waals surface area (Å²) in [6, 6.07) is 32.5. The summed E-state index contributed by atoms with van der Waals surface area (Å²) in [6.07, 6.45) is 4.44. The lowest BCUT2D eigenvalue weighted by atomic mass is 10.1. The van der Waals surface area contributed by atoms with E-state index in [9.17, 15) is 9.59 Å². The normalized spacial score (nSPS) is 11.4. The molecular formula is C38H37NO5. The molecule has 0 aromatic heterocycles. The molecule has 224 valence electrons. The van der Waals surface area contributed by atoms with Gasteiger partial charge in [-0.25, -0.2) is 9.59 Å². The van der Waals surface area contributed by atoms with Crippen molar-refractivity contribution in [2.75, 3.05) is 18.1 Å². The van der Waals surface area contributed by atoms with E-state index in [0.29, 0.717) is 5.75 Å². The first-order chi connectivity index (χ1) is 21.2. The number of hydrogen-bond acceptors (Lipinski definition) is 6. The smallest absolute Gasteiger partial charge is 0.333 e. The van der Waals surface area contributed by atoms with Crippen molar-refractivity contribution in [1.29, 1.82) is 0 Å². The van der Waals surface area contributed by atoms with Gasteiger partial charge in [-0.15, -0.1) is 0 Å². The number of aryl methyl sites for hydroxylation is 2. The lowest BCUT2D eigenvalue weighted by Gasteiger charge is -2.28. The van der Waals surface area contributed by atoms with Crippen LogP contribution in [0.5, 0.6) is 5.75 Å². The fourth-order valence-corrected chi connectivity index (χ4v) is 4.33. The van der Waals surface area contributed by atoms with Gasteiger partial charge in [0, 0.05) is 29.1 Å². The highest BCUT2D eigenvalue weighted by atomic mass is 16.6. The van der Waals surface area contributed by atoms with E-state index >= 15 is 0 Å². The SMILES string of the molecule is C=CC(=O)OCC(COC(=O)C(=C)C)Oc1ccc(/C=C\c2ccccc2)c(N(c2ccc(C)cc2)c2ccc(C)cc2)c1. The van der Waals surface area contributed by atoms with Gasteiger partial charge >= 0.3 is 11.9 Å². The van der Waals surface area contributed by atoms with Crippen molar-refractivity contribution in [3.63, 3.8) is 0 Å². The molecule has 0 aliphatic carbocycles. The van der Waals surface area contributed by atoms with Crippen LogP contribution in [0.25, 0.3) is 12.2 Å². The Labute approximate surface area is 259 Å². The molecule has 0 saturated carbocycles. The van der Waals surface area contributed by atoms with Crippen LogP contribution >= 0.6 is 0 Å². The van der Waals surface area contributed by atoms with Gasteiger partial charge in [-0.1, -0.05) is 91.0 Å². The maximum Gasteiger partial charge on any atom is 0.333 e. The van der Waals surface area contributed by atoms with Crippen LogP contribution in [-0.4, -0.2) is 31.3 Å². The summed E-state index contributed by atoms with van der Waals surface area (Å²) in [6.45, 7) is 12.5. The second kappa shape index (κ2) is 15.2. The first-order valence-electron chi connectivity index (χ1n) is 14.3. The summed E-state index contributed by atoms with van der Waals surface area (Å²) in [5.41, 5.74) is 7.39. The summed E-state index contributed by atoms with van der Waals surface area (Å²) >= 11 is 0. The van der Waals surface area contributed by atoms with Crippen LogP contribution in [0, 0.1) is 13.8 Å². The third-order valence-electron chi connectivity index (χ3n) is 6.71. The minimum Gasteiger partial charge on any atom is -0.483 e. The molecule has 6 nitrogen and oxygen atoms in total. The van der Waals surface area contributed by atoms with Gasteiger partial charge in [0.05, 0.1) is 5.69 Å². The van der Waals surface area contributed by atoms with Crippen LogP contribution in [-0.2, 0) is 19.1 Å². The number of nitrogens with zero attached hydrogens (tertiary/aromatic N) is 1. The van der Waals surface area contributed by atoms with Gasteiger partial charge in [-0.3, -0.25) is 0 Å². The maximum absolute atomic E-state index is 12.1. The minimum atomic E-state index is -0.770. The van der Waals surface area contributed by atoms with Crippen molar-refractivity contribution in [3.05, 3.63) is 144 Å². The Hall–Kier alpha value is -5.36. The highest BCUT2D eigenvalue weighted by Crippen LogP contribution is 2.39. The van der Waals surface area contributed by atoms with E-state index in [4.69, 9.17) is 14.2 Å². The molecular weight excluding hydrogens is 550 g/mol. The van der Waals surface area contributed by atoms with Crippen molar-refractivity contribution in [2.45, 2.75) is 26.9 Å². The number of carbonyl (C=O) groups excluding carboxylic acids is 2. The van der Waals surface area contributed by atoms with Crippen molar-refractivity contribution < 1.29 is 23.8 Å². The van der Waals surface area contributed by atoms with Gasteiger partial charge in [0.1, 0.15) is 19.0 Å². The fraction of sp³-hybridized carbons (Fsp3) is 0.158. The largest absolute Gasteiger partial charge is 0.483 e. The molecule has 0 aliphatic rings. The van der Waals surface area contributed by atoms with E-state index < -0.39 is 18.0 Å². The molecule has 0 saturated heterocycles. The topological polar surface area (TPSA) is 65.1 Å². The standard InChI is InChI=1S/C38H37NO5/c1-6-37(40)42-25-35(26-43-38(41)27(2)3)44-34-23-18-31(17-16-30-10-8-7-9-11-30)36(24-34)39(32-19-12-28(4)13-20-32)33-21-14-29(5)15-22-33/h6-24,35H,1-2,25-26H2,3-5H3/b17-16-. The van der Waals surface area contributed by atoms with Crippen molar-refractivity contribution in [1.82, 2.24) is 0 Å². The van der Waals surface area contributed by atoms with Crippen molar-refractivity contribution in [2.24, 2.45) is 0 Å². The number of anilines is 3. The van der Waals surface area contributed by atoms with Crippen molar-refractivity contribution in [3.8, 4) is 5.75 Å². The quantitative estimate of drug-likeness (QED) is 0.0887. The lowest BCUT2D eigenvalue weighted by Crippen LogP contribution is -2.31. The van der Waals surface area contributed by atoms with Gasteiger partial charge in [0.2, 0.25) is 0 Å². The Bertz CT molecular complexity index is 1580. The molecule has 0 fully saturated rings. The van der Waals surface area contributed by atoms with Crippen molar-refractivity contribution >= 4 is 41.2 Å². The first-order valence-corrected chi connectivity index (χ1v) is 14.3. The first kappa shape index (κ1) is 31.6. The molecule has 44 heavy (non-hydrogen) atoms. The molecule has 0 N–H and O–H groups in total. The molecule has 0 bridgehead atoms. The van der Waals surface area contributed by atoms with E-state index in [0.717, 1.165) is 45.4 Å². The van der Waals surface area contributed by atoms with Crippen LogP contribution in [0.3, 0.4) is 0 Å². The predicted molar refractivity (Wildman–Crippen MR) is 177 cm³/mol. The monoisotopic (exact) mass is 587 g/mol. The van der Waals surface area contributed by atoms with E-state index in [1.807, 2.05) is 48.5 Å². The molecule has 1 unspecified atom stereocenters. The minimum absolute atomic E-state index is 0.138. The molecule has 4 aromatic rings. The molecule has 0 spiro atoms. The summed E-state index contributed by atoms with van der Waals surface area (Å²) in [5, 5.41) is 0. The molecule has 1 atom stereocenters. The van der Waals surface area contributed by atoms with Crippen LogP contribution in [0.4, 0.5) is 17.1 Å². The highest BCUT2D eigenvalue weighted by molar-refractivity contribution is 5.87. The predicted octanol–water partition coefficient (Wildman–Crippen LogP) is 8.54. The average Bonchev–Trinajstić information content (AvgIpc) is 3.03. The molecule has 0 heterocycles. The van der Waals surface area contributed by atoms with Gasteiger partial charge in [0.15, 0.2) is 6.10 Å². The van der Waals surface area contributed by atoms with Gasteiger partial charge in [0.25, 0.3) is 0 Å². The van der Waals surface area contributed by atoms with E-state index in [-0.39, 0.29) is 18.8 Å². The number of esters is 2. The maximum atomic E-state index is 12.1. The van der Waals surface area contributed by atoms with E-state index in [1.165, 1.54) is 0 Å². The van der Waals surface area contributed by atoms with Crippen LogP contribution in [0.2, 0.25) is 0 Å². The Morgan fingerprint density at radius 2 is 1.39 bits per heavy atom. The van der Waals surface area contributed by atoms with Gasteiger partial charge in [-0.2, -0.15) is 0 Å². The van der Waals surface area contributed by atoms with Gasteiger partial charge < -0.3 is 19.1 Å². The number of hydrogen-bond donors (Lipinski definition) is 0. The molecule has 0 amide bonds. The molecule has 0 radical (unpaired) electrons. The zero-order valence-electron chi connectivity index (χ0n) is 25.4. The molecule has 4 aromatic carbocycles. The van der Waals surface area contributed by atoms with Crippen LogP contribution in [0.1, 0.15) is 29.2 Å². The summed E-state index contributed by atoms with van der Waals surface area (Å²) in [7, 11) is 0. The Balaban J connectivity index is 1.79.